The summed E-state index contributed by atoms with van der Waals surface area (Å²) >= 11 is 1.60. The summed E-state index contributed by atoms with van der Waals surface area (Å²) in [7, 11) is 0. The van der Waals surface area contributed by atoms with Crippen LogP contribution in [-0.4, -0.2) is 65.9 Å². The number of hydrogen-bond donors (Lipinski definition) is 1. The van der Waals surface area contributed by atoms with E-state index < -0.39 is 0 Å². The fraction of sp³-hybridized carbons (Fsp3) is 0.632. The number of likely N-dealkylation sites (tertiary alicyclic amines) is 2. The molecule has 2 atom stereocenters. The Morgan fingerprint density at radius 3 is 2.50 bits per heavy atom. The first-order valence-electron chi connectivity index (χ1n) is 9.05. The fourth-order valence-corrected chi connectivity index (χ4v) is 4.61. The van der Waals surface area contributed by atoms with E-state index in [1.54, 1.807) is 11.8 Å². The Hall–Kier alpha value is -1.04. The number of amides is 1. The molecule has 24 heavy (non-hydrogen) atoms. The van der Waals surface area contributed by atoms with Crippen LogP contribution in [0, 0.1) is 11.8 Å². The molecule has 2 aliphatic rings. The highest BCUT2D eigenvalue weighted by molar-refractivity contribution is 8.00. The van der Waals surface area contributed by atoms with Gasteiger partial charge in [-0.3, -0.25) is 4.79 Å². The highest BCUT2D eigenvalue weighted by Gasteiger charge is 2.35. The third-order valence-electron chi connectivity index (χ3n) is 5.21. The zero-order valence-electron chi connectivity index (χ0n) is 14.3. The minimum Gasteiger partial charge on any atom is -0.396 e. The van der Waals surface area contributed by atoms with E-state index >= 15 is 0 Å². The number of aliphatic hydroxyl groups is 1. The predicted octanol–water partition coefficient (Wildman–Crippen LogP) is 2.33. The van der Waals surface area contributed by atoms with Gasteiger partial charge in [-0.25, -0.2) is 0 Å². The molecular weight excluding hydrogens is 320 g/mol. The number of benzene rings is 1. The smallest absolute Gasteiger partial charge is 0.232 e. The monoisotopic (exact) mass is 348 g/mol. The number of aliphatic hydroxyl groups excluding tert-OH is 1. The Bertz CT molecular complexity index is 519. The molecule has 2 aliphatic heterocycles. The summed E-state index contributed by atoms with van der Waals surface area (Å²) in [5, 5.41) is 9.71. The molecule has 2 fully saturated rings. The average molecular weight is 349 g/mol. The van der Waals surface area contributed by atoms with Crippen LogP contribution in [0.15, 0.2) is 35.2 Å². The van der Waals surface area contributed by atoms with E-state index in [2.05, 4.69) is 4.90 Å². The number of nitrogens with zero attached hydrogens (tertiary/aromatic N) is 2. The highest BCUT2D eigenvalue weighted by Crippen LogP contribution is 2.27. The molecular formula is C19H28N2O2S. The van der Waals surface area contributed by atoms with Gasteiger partial charge in [0.15, 0.2) is 0 Å². The van der Waals surface area contributed by atoms with Gasteiger partial charge < -0.3 is 14.9 Å². The Morgan fingerprint density at radius 2 is 1.79 bits per heavy atom. The summed E-state index contributed by atoms with van der Waals surface area (Å²) in [4.78, 5) is 18.1. The molecule has 132 valence electrons. The number of thioether (sulfide) groups is 1. The standard InChI is InChI=1S/C19H28N2O2S/c22-14-17-13-21(12-16(17)11-20-9-5-2-6-10-20)19(23)15-24-18-7-3-1-4-8-18/h1,3-4,7-8,16-17,22H,2,5-6,9-15H2/t16-,17-/m0/s1. The van der Waals surface area contributed by atoms with Crippen LogP contribution in [0.25, 0.3) is 0 Å². The van der Waals surface area contributed by atoms with E-state index in [1.807, 2.05) is 35.2 Å². The van der Waals surface area contributed by atoms with Crippen LogP contribution < -0.4 is 0 Å². The van der Waals surface area contributed by atoms with E-state index in [1.165, 1.54) is 32.4 Å². The maximum atomic E-state index is 12.5. The Balaban J connectivity index is 1.50. The van der Waals surface area contributed by atoms with Gasteiger partial charge in [-0.1, -0.05) is 24.6 Å². The summed E-state index contributed by atoms with van der Waals surface area (Å²) in [6, 6.07) is 10.1. The molecule has 1 amide bonds. The largest absolute Gasteiger partial charge is 0.396 e. The fourth-order valence-electron chi connectivity index (χ4n) is 3.78. The zero-order chi connectivity index (χ0) is 16.8. The lowest BCUT2D eigenvalue weighted by Gasteiger charge is -2.30. The second kappa shape index (κ2) is 8.88. The zero-order valence-corrected chi connectivity index (χ0v) is 15.1. The molecule has 0 bridgehead atoms. The molecule has 0 unspecified atom stereocenters. The predicted molar refractivity (Wildman–Crippen MR) is 98.1 cm³/mol. The molecule has 2 saturated heterocycles. The van der Waals surface area contributed by atoms with Crippen molar-refractivity contribution >= 4 is 17.7 Å². The van der Waals surface area contributed by atoms with E-state index in [9.17, 15) is 9.90 Å². The Labute approximate surface area is 149 Å². The van der Waals surface area contributed by atoms with Crippen molar-refractivity contribution in [3.8, 4) is 0 Å². The van der Waals surface area contributed by atoms with Crippen molar-refractivity contribution in [2.45, 2.75) is 24.2 Å². The molecule has 0 radical (unpaired) electrons. The van der Waals surface area contributed by atoms with Gasteiger partial charge >= 0.3 is 0 Å². The summed E-state index contributed by atoms with van der Waals surface area (Å²) in [5.74, 6) is 1.33. The van der Waals surface area contributed by atoms with Crippen LogP contribution >= 0.6 is 11.8 Å². The van der Waals surface area contributed by atoms with Crippen LogP contribution in [-0.2, 0) is 4.79 Å². The normalized spacial score (nSPS) is 25.1. The first-order valence-corrected chi connectivity index (χ1v) is 10.0. The molecule has 1 aromatic carbocycles. The number of rotatable bonds is 6. The number of carbonyl (C=O) groups excluding carboxylic acids is 1. The van der Waals surface area contributed by atoms with E-state index in [0.29, 0.717) is 18.2 Å². The van der Waals surface area contributed by atoms with Gasteiger partial charge in [0.25, 0.3) is 0 Å². The molecule has 1 N–H and O–H groups in total. The third kappa shape index (κ3) is 4.74. The van der Waals surface area contributed by atoms with Gasteiger partial charge in [0.05, 0.1) is 5.75 Å². The van der Waals surface area contributed by atoms with Gasteiger partial charge in [-0.05, 0) is 44.0 Å². The van der Waals surface area contributed by atoms with Crippen molar-refractivity contribution in [3.63, 3.8) is 0 Å². The number of hydrogen-bond acceptors (Lipinski definition) is 4. The molecule has 1 aromatic rings. The minimum absolute atomic E-state index is 0.189. The topological polar surface area (TPSA) is 43.8 Å². The van der Waals surface area contributed by atoms with Crippen LogP contribution in [0.1, 0.15) is 19.3 Å². The molecule has 0 aliphatic carbocycles. The first-order chi connectivity index (χ1) is 11.8. The van der Waals surface area contributed by atoms with Crippen LogP contribution in [0.2, 0.25) is 0 Å². The van der Waals surface area contributed by atoms with Crippen LogP contribution in [0.3, 0.4) is 0 Å². The number of piperidine rings is 1. The van der Waals surface area contributed by atoms with E-state index in [-0.39, 0.29) is 18.4 Å². The first kappa shape index (κ1) is 17.8. The molecule has 2 heterocycles. The Morgan fingerprint density at radius 1 is 1.08 bits per heavy atom. The van der Waals surface area contributed by atoms with Crippen LogP contribution in [0.4, 0.5) is 0 Å². The molecule has 0 aromatic heterocycles. The Kier molecular flexibility index (Phi) is 6.58. The molecule has 0 saturated carbocycles. The van der Waals surface area contributed by atoms with E-state index in [4.69, 9.17) is 0 Å². The lowest BCUT2D eigenvalue weighted by molar-refractivity contribution is -0.127. The van der Waals surface area contributed by atoms with Crippen molar-refractivity contribution in [3.05, 3.63) is 30.3 Å². The van der Waals surface area contributed by atoms with Crippen molar-refractivity contribution in [1.82, 2.24) is 9.80 Å². The van der Waals surface area contributed by atoms with E-state index in [0.717, 1.165) is 18.0 Å². The summed E-state index contributed by atoms with van der Waals surface area (Å²) in [5.41, 5.74) is 0. The van der Waals surface area contributed by atoms with Crippen molar-refractivity contribution in [1.29, 1.82) is 0 Å². The SMILES string of the molecule is O=C(CSc1ccccc1)N1C[C@@H](CO)[C@@H](CN2CCCCC2)C1. The minimum atomic E-state index is 0.189. The maximum Gasteiger partial charge on any atom is 0.232 e. The van der Waals surface area contributed by atoms with Gasteiger partial charge in [0, 0.05) is 37.1 Å². The van der Waals surface area contributed by atoms with Crippen molar-refractivity contribution in [2.75, 3.05) is 45.1 Å². The summed E-state index contributed by atoms with van der Waals surface area (Å²) in [6.45, 7) is 5.08. The lowest BCUT2D eigenvalue weighted by Crippen LogP contribution is -2.37. The lowest BCUT2D eigenvalue weighted by atomic mass is 9.95. The maximum absolute atomic E-state index is 12.5. The second-order valence-electron chi connectivity index (χ2n) is 6.96. The third-order valence-corrected chi connectivity index (χ3v) is 6.21. The van der Waals surface area contributed by atoms with Gasteiger partial charge in [-0.2, -0.15) is 0 Å². The number of carbonyl (C=O) groups is 1. The van der Waals surface area contributed by atoms with Gasteiger partial charge in [0.2, 0.25) is 5.91 Å². The average Bonchev–Trinajstić information content (AvgIpc) is 3.04. The molecule has 3 rings (SSSR count). The summed E-state index contributed by atoms with van der Waals surface area (Å²) < 4.78 is 0. The highest BCUT2D eigenvalue weighted by atomic mass is 32.2. The van der Waals surface area contributed by atoms with Crippen LogP contribution in [0.5, 0.6) is 0 Å². The second-order valence-corrected chi connectivity index (χ2v) is 8.01. The molecule has 0 spiro atoms. The van der Waals surface area contributed by atoms with Crippen molar-refractivity contribution in [2.24, 2.45) is 11.8 Å². The summed E-state index contributed by atoms with van der Waals surface area (Å²) in [6.07, 6.45) is 3.91. The molecule has 4 nitrogen and oxygen atoms in total. The van der Waals surface area contributed by atoms with Crippen molar-refractivity contribution < 1.29 is 9.90 Å². The quantitative estimate of drug-likeness (QED) is 0.802. The van der Waals surface area contributed by atoms with Gasteiger partial charge in [-0.15, -0.1) is 11.8 Å². The van der Waals surface area contributed by atoms with Gasteiger partial charge in [0.1, 0.15) is 0 Å². The molecule has 5 heteroatoms.